The monoisotopic (exact) mass is 507 g/mol. The second kappa shape index (κ2) is 10.3. The molecule has 1 saturated heterocycles. The Morgan fingerprint density at radius 2 is 1.82 bits per heavy atom. The van der Waals surface area contributed by atoms with E-state index >= 15 is 0 Å². The molecule has 1 aromatic heterocycles. The van der Waals surface area contributed by atoms with Gasteiger partial charge in [0.05, 0.1) is 21.3 Å². The fourth-order valence-corrected chi connectivity index (χ4v) is 5.68. The summed E-state index contributed by atoms with van der Waals surface area (Å²) in [4.78, 5) is 17.6. The third-order valence-corrected chi connectivity index (χ3v) is 7.71. The molecule has 1 fully saturated rings. The minimum absolute atomic E-state index is 0.265. The van der Waals surface area contributed by atoms with E-state index in [1.54, 1.807) is 24.4 Å². The Morgan fingerprint density at radius 3 is 2.71 bits per heavy atom. The van der Waals surface area contributed by atoms with Crippen LogP contribution >= 0.6 is 35.1 Å². The van der Waals surface area contributed by atoms with E-state index in [4.69, 9.17) is 23.2 Å². The molecule has 4 aromatic rings. The van der Waals surface area contributed by atoms with Gasteiger partial charge >= 0.3 is 0 Å². The van der Waals surface area contributed by atoms with Crippen molar-refractivity contribution in [3.05, 3.63) is 88.5 Å². The first-order chi connectivity index (χ1) is 16.6. The van der Waals surface area contributed by atoms with E-state index < -0.39 is 0 Å². The number of amides is 1. The number of nitrogens with one attached hydrogen (secondary N) is 1. The third kappa shape index (κ3) is 4.88. The van der Waals surface area contributed by atoms with Crippen LogP contribution < -0.4 is 9.62 Å². The van der Waals surface area contributed by atoms with Crippen molar-refractivity contribution in [2.45, 2.75) is 19.3 Å². The molecular weight excluding hydrogens is 485 g/mol. The van der Waals surface area contributed by atoms with Crippen LogP contribution in [0.5, 0.6) is 0 Å². The highest BCUT2D eigenvalue weighted by Crippen LogP contribution is 2.35. The molecule has 5 rings (SSSR count). The van der Waals surface area contributed by atoms with Crippen LogP contribution in [0.15, 0.2) is 72.9 Å². The highest BCUT2D eigenvalue weighted by molar-refractivity contribution is 8.00. The second-order valence-electron chi connectivity index (χ2n) is 8.19. The Hall–Kier alpha value is -2.73. The van der Waals surface area contributed by atoms with E-state index in [-0.39, 0.29) is 5.91 Å². The number of carbonyl (C=O) groups excluding carboxylic acids is 1. The topological polar surface area (TPSA) is 45.2 Å². The molecule has 1 aliphatic heterocycles. The van der Waals surface area contributed by atoms with Crippen LogP contribution in [-0.4, -0.2) is 23.2 Å². The lowest BCUT2D eigenvalue weighted by molar-refractivity contribution is 0.102. The van der Waals surface area contributed by atoms with Gasteiger partial charge in [0.2, 0.25) is 0 Å². The fourth-order valence-electron chi connectivity index (χ4n) is 4.14. The molecule has 172 valence electrons. The van der Waals surface area contributed by atoms with Gasteiger partial charge in [-0.05, 0) is 72.6 Å². The number of benzene rings is 3. The van der Waals surface area contributed by atoms with Gasteiger partial charge in [0.15, 0.2) is 0 Å². The summed E-state index contributed by atoms with van der Waals surface area (Å²) < 4.78 is 2.27. The molecule has 1 amide bonds. The average Bonchev–Trinajstić information content (AvgIpc) is 3.14. The lowest BCUT2D eigenvalue weighted by Gasteiger charge is -2.21. The van der Waals surface area contributed by atoms with Gasteiger partial charge in [0.1, 0.15) is 0 Å². The Balaban J connectivity index is 1.40. The predicted octanol–water partition coefficient (Wildman–Crippen LogP) is 8.10. The highest BCUT2D eigenvalue weighted by Gasteiger charge is 2.17. The normalized spacial score (nSPS) is 14.1. The summed E-state index contributed by atoms with van der Waals surface area (Å²) in [5.41, 5.74) is 3.63. The quantitative estimate of drug-likeness (QED) is 0.283. The van der Waals surface area contributed by atoms with Gasteiger partial charge in [-0.1, -0.05) is 53.9 Å². The molecule has 1 N–H and O–H groups in total. The minimum atomic E-state index is -0.265. The summed E-state index contributed by atoms with van der Waals surface area (Å²) in [5.74, 6) is 0.837. The van der Waals surface area contributed by atoms with Crippen molar-refractivity contribution in [3.8, 4) is 11.3 Å². The highest BCUT2D eigenvalue weighted by atomic mass is 35.5. The lowest BCUT2D eigenvalue weighted by Crippen LogP contribution is -2.16. The molecule has 1 aliphatic rings. The van der Waals surface area contributed by atoms with Crippen molar-refractivity contribution in [3.63, 3.8) is 0 Å². The maximum absolute atomic E-state index is 13.1. The number of fused-ring (bicyclic) bond motifs is 1. The van der Waals surface area contributed by atoms with Crippen LogP contribution in [0.2, 0.25) is 10.0 Å². The van der Waals surface area contributed by atoms with Crippen LogP contribution in [0, 0.1) is 0 Å². The van der Waals surface area contributed by atoms with Crippen molar-refractivity contribution in [2.24, 2.45) is 0 Å². The van der Waals surface area contributed by atoms with E-state index in [1.807, 2.05) is 60.5 Å². The Kier molecular flexibility index (Phi) is 6.95. The van der Waals surface area contributed by atoms with Gasteiger partial charge in [-0.3, -0.25) is 9.78 Å². The van der Waals surface area contributed by atoms with Crippen molar-refractivity contribution in [1.82, 2.24) is 4.98 Å². The van der Waals surface area contributed by atoms with Crippen LogP contribution in [0.3, 0.4) is 0 Å². The standard InChI is InChI=1S/C27H23Cl2N3OS/c28-24-11-8-19(16-23(24)26-21-7-3-2-6-18(21)12-13-30-26)31-27(33)22-10-9-20(17-25(22)29)32-14-4-1-5-15-34-32/h2-3,6-13,16-17H,1,4-5,14-15H2,(H,31,33). The zero-order chi connectivity index (χ0) is 23.5. The second-order valence-corrected chi connectivity index (χ2v) is 10.1. The first kappa shape index (κ1) is 23.0. The van der Waals surface area contributed by atoms with E-state index in [0.717, 1.165) is 46.4 Å². The molecule has 0 aliphatic carbocycles. The van der Waals surface area contributed by atoms with Crippen LogP contribution in [0.25, 0.3) is 22.0 Å². The number of halogens is 2. The summed E-state index contributed by atoms with van der Waals surface area (Å²) >= 11 is 14.9. The molecule has 4 nitrogen and oxygen atoms in total. The molecule has 0 bridgehead atoms. The van der Waals surface area contributed by atoms with Gasteiger partial charge in [-0.25, -0.2) is 0 Å². The molecule has 34 heavy (non-hydrogen) atoms. The summed E-state index contributed by atoms with van der Waals surface area (Å²) in [6.45, 7) is 0.988. The summed E-state index contributed by atoms with van der Waals surface area (Å²) in [5, 5.41) is 6.05. The zero-order valence-electron chi connectivity index (χ0n) is 18.4. The predicted molar refractivity (Wildman–Crippen MR) is 145 cm³/mol. The number of hydrogen-bond donors (Lipinski definition) is 1. The molecule has 0 saturated carbocycles. The molecule has 0 atom stereocenters. The Bertz CT molecular complexity index is 1350. The van der Waals surface area contributed by atoms with E-state index in [2.05, 4.69) is 14.6 Å². The number of hydrogen-bond acceptors (Lipinski definition) is 4. The maximum Gasteiger partial charge on any atom is 0.257 e. The van der Waals surface area contributed by atoms with Crippen LogP contribution in [0.4, 0.5) is 11.4 Å². The molecular formula is C27H23Cl2N3OS. The molecule has 0 radical (unpaired) electrons. The number of nitrogens with zero attached hydrogens (tertiary/aromatic N) is 2. The van der Waals surface area contributed by atoms with Gasteiger partial charge < -0.3 is 9.62 Å². The van der Waals surface area contributed by atoms with E-state index in [9.17, 15) is 4.79 Å². The summed E-state index contributed by atoms with van der Waals surface area (Å²) in [7, 11) is 0. The first-order valence-corrected chi connectivity index (χ1v) is 12.9. The van der Waals surface area contributed by atoms with Crippen molar-refractivity contribution in [2.75, 3.05) is 21.9 Å². The van der Waals surface area contributed by atoms with Gasteiger partial charge in [0.25, 0.3) is 5.91 Å². The van der Waals surface area contributed by atoms with Crippen LogP contribution in [0.1, 0.15) is 29.6 Å². The SMILES string of the molecule is O=C(Nc1ccc(Cl)c(-c2nccc3ccccc23)c1)c1ccc(N2CCCCCS2)cc1Cl. The number of rotatable bonds is 4. The van der Waals surface area contributed by atoms with Crippen molar-refractivity contribution < 1.29 is 4.79 Å². The average molecular weight is 508 g/mol. The van der Waals surface area contributed by atoms with Crippen molar-refractivity contribution >= 4 is 63.2 Å². The summed E-state index contributed by atoms with van der Waals surface area (Å²) in [6.07, 6.45) is 5.41. The number of aromatic nitrogens is 1. The maximum atomic E-state index is 13.1. The lowest BCUT2D eigenvalue weighted by atomic mass is 10.0. The van der Waals surface area contributed by atoms with Gasteiger partial charge in [-0.2, -0.15) is 0 Å². The molecule has 2 heterocycles. The van der Waals surface area contributed by atoms with E-state index in [1.165, 1.54) is 12.8 Å². The Labute approximate surface area is 213 Å². The molecule has 0 unspecified atom stereocenters. The number of pyridine rings is 1. The number of carbonyl (C=O) groups is 1. The zero-order valence-corrected chi connectivity index (χ0v) is 20.8. The summed E-state index contributed by atoms with van der Waals surface area (Å²) in [6, 6.07) is 21.0. The smallest absolute Gasteiger partial charge is 0.257 e. The molecule has 0 spiro atoms. The van der Waals surface area contributed by atoms with Gasteiger partial charge in [0, 0.05) is 40.8 Å². The van der Waals surface area contributed by atoms with Crippen molar-refractivity contribution in [1.29, 1.82) is 0 Å². The third-order valence-electron chi connectivity index (χ3n) is 5.89. The van der Waals surface area contributed by atoms with Gasteiger partial charge in [-0.15, -0.1) is 0 Å². The first-order valence-electron chi connectivity index (χ1n) is 11.3. The number of anilines is 2. The molecule has 7 heteroatoms. The Morgan fingerprint density at radius 1 is 0.941 bits per heavy atom. The minimum Gasteiger partial charge on any atom is -0.322 e. The van der Waals surface area contributed by atoms with Crippen LogP contribution in [-0.2, 0) is 0 Å². The van der Waals surface area contributed by atoms with E-state index in [0.29, 0.717) is 21.3 Å². The molecule has 3 aromatic carbocycles. The fraction of sp³-hybridized carbons (Fsp3) is 0.185. The largest absolute Gasteiger partial charge is 0.322 e.